The predicted molar refractivity (Wildman–Crippen MR) is 92.6 cm³/mol. The quantitative estimate of drug-likeness (QED) is 0.848. The molecule has 0 atom stereocenters. The number of rotatable bonds is 6. The van der Waals surface area contributed by atoms with Crippen LogP contribution in [0.2, 0.25) is 0 Å². The second kappa shape index (κ2) is 8.67. The van der Waals surface area contributed by atoms with Gasteiger partial charge >= 0.3 is 0 Å². The number of carbonyl (C=O) groups is 2. The summed E-state index contributed by atoms with van der Waals surface area (Å²) >= 11 is 0. The molecule has 0 aromatic heterocycles. The van der Waals surface area contributed by atoms with Crippen LogP contribution in [0.1, 0.15) is 49.4 Å². The maximum atomic E-state index is 12.2. The molecule has 1 aliphatic carbocycles. The highest BCUT2D eigenvalue weighted by atomic mass is 16.2. The molecule has 1 aromatic carbocycles. The minimum Gasteiger partial charge on any atom is -0.352 e. The molecule has 0 aliphatic heterocycles. The first-order valence-corrected chi connectivity index (χ1v) is 8.48. The number of likely N-dealkylation sites (N-methyl/N-ethyl adjacent to an activating group) is 1. The van der Waals surface area contributed by atoms with Crippen molar-refractivity contribution in [3.63, 3.8) is 0 Å². The van der Waals surface area contributed by atoms with Gasteiger partial charge in [-0.3, -0.25) is 14.5 Å². The van der Waals surface area contributed by atoms with E-state index in [9.17, 15) is 9.59 Å². The molecule has 2 N–H and O–H groups in total. The third-order valence-corrected chi connectivity index (χ3v) is 4.36. The number of carbonyl (C=O) groups excluding carboxylic acids is 2. The van der Waals surface area contributed by atoms with Crippen LogP contribution in [0.3, 0.4) is 0 Å². The normalized spacial score (nSPS) is 15.4. The lowest BCUT2D eigenvalue weighted by Crippen LogP contribution is -2.39. The Balaban J connectivity index is 1.83. The van der Waals surface area contributed by atoms with Crippen molar-refractivity contribution in [1.82, 2.24) is 10.2 Å². The van der Waals surface area contributed by atoms with Gasteiger partial charge in [0.2, 0.25) is 5.91 Å². The Morgan fingerprint density at radius 1 is 1.13 bits per heavy atom. The Kier molecular flexibility index (Phi) is 6.59. The van der Waals surface area contributed by atoms with Gasteiger partial charge in [0.25, 0.3) is 5.91 Å². The molecule has 0 bridgehead atoms. The van der Waals surface area contributed by atoms with Crippen molar-refractivity contribution in [2.24, 2.45) is 0 Å². The molecule has 0 saturated heterocycles. The lowest BCUT2D eigenvalue weighted by Gasteiger charge is -2.30. The maximum absolute atomic E-state index is 12.2. The number of amides is 2. The van der Waals surface area contributed by atoms with Crippen molar-refractivity contribution in [2.45, 2.75) is 45.1 Å². The van der Waals surface area contributed by atoms with Crippen LogP contribution in [0.25, 0.3) is 0 Å². The Hall–Kier alpha value is -1.88. The Bertz CT molecular complexity index is 522. The number of benzene rings is 1. The lowest BCUT2D eigenvalue weighted by atomic mass is 9.94. The highest BCUT2D eigenvalue weighted by Gasteiger charge is 2.19. The zero-order valence-corrected chi connectivity index (χ0v) is 14.1. The van der Waals surface area contributed by atoms with E-state index < -0.39 is 0 Å². The smallest absolute Gasteiger partial charge is 0.251 e. The van der Waals surface area contributed by atoms with E-state index in [1.807, 2.05) is 14.0 Å². The van der Waals surface area contributed by atoms with Gasteiger partial charge in [-0.05, 0) is 51.1 Å². The molecule has 0 radical (unpaired) electrons. The summed E-state index contributed by atoms with van der Waals surface area (Å²) in [5.74, 6) is -0.105. The average molecular weight is 317 g/mol. The zero-order chi connectivity index (χ0) is 16.7. The third-order valence-electron chi connectivity index (χ3n) is 4.36. The van der Waals surface area contributed by atoms with Crippen LogP contribution in [0.5, 0.6) is 0 Å². The van der Waals surface area contributed by atoms with E-state index in [1.165, 1.54) is 32.1 Å². The van der Waals surface area contributed by atoms with Crippen LogP contribution in [-0.2, 0) is 4.79 Å². The summed E-state index contributed by atoms with van der Waals surface area (Å²) in [6.07, 6.45) is 6.21. The number of anilines is 1. The van der Waals surface area contributed by atoms with Gasteiger partial charge < -0.3 is 10.6 Å². The summed E-state index contributed by atoms with van der Waals surface area (Å²) in [5, 5.41) is 5.65. The van der Waals surface area contributed by atoms with Crippen molar-refractivity contribution in [3.05, 3.63) is 29.8 Å². The van der Waals surface area contributed by atoms with Crippen molar-refractivity contribution in [2.75, 3.05) is 25.5 Å². The number of hydrogen-bond donors (Lipinski definition) is 2. The van der Waals surface area contributed by atoms with Crippen LogP contribution in [0.15, 0.2) is 24.3 Å². The molecule has 126 valence electrons. The van der Waals surface area contributed by atoms with Gasteiger partial charge in [0.15, 0.2) is 0 Å². The second-order valence-electron chi connectivity index (χ2n) is 6.19. The zero-order valence-electron chi connectivity index (χ0n) is 14.1. The highest BCUT2D eigenvalue weighted by molar-refractivity contribution is 5.96. The van der Waals surface area contributed by atoms with Crippen LogP contribution >= 0.6 is 0 Å². The standard InChI is InChI=1S/C18H27N3O2/c1-3-19-18(23)14-9-11-15(12-10-14)20-17(22)13-21(2)16-7-5-4-6-8-16/h9-12,16H,3-8,13H2,1-2H3,(H,19,23)(H,20,22). The molecule has 1 aliphatic rings. The SMILES string of the molecule is CCNC(=O)c1ccc(NC(=O)CN(C)C2CCCCC2)cc1. The highest BCUT2D eigenvalue weighted by Crippen LogP contribution is 2.21. The average Bonchev–Trinajstić information content (AvgIpc) is 2.56. The molecule has 1 aromatic rings. The molecule has 5 heteroatoms. The molecule has 0 spiro atoms. The molecule has 5 nitrogen and oxygen atoms in total. The van der Waals surface area contributed by atoms with Crippen LogP contribution in [0.4, 0.5) is 5.69 Å². The van der Waals surface area contributed by atoms with Crippen LogP contribution < -0.4 is 10.6 Å². The number of nitrogens with one attached hydrogen (secondary N) is 2. The largest absolute Gasteiger partial charge is 0.352 e. The molecule has 0 heterocycles. The third kappa shape index (κ3) is 5.36. The van der Waals surface area contributed by atoms with E-state index in [0.717, 1.165) is 5.69 Å². The first-order valence-electron chi connectivity index (χ1n) is 8.48. The molecule has 23 heavy (non-hydrogen) atoms. The minimum absolute atomic E-state index is 0.0103. The van der Waals surface area contributed by atoms with Gasteiger partial charge in [0.05, 0.1) is 6.54 Å². The summed E-state index contributed by atoms with van der Waals surface area (Å²) in [6.45, 7) is 2.89. The van der Waals surface area contributed by atoms with Crippen LogP contribution in [0, 0.1) is 0 Å². The maximum Gasteiger partial charge on any atom is 0.251 e. The van der Waals surface area contributed by atoms with Crippen molar-refractivity contribution < 1.29 is 9.59 Å². The number of nitrogens with zero attached hydrogens (tertiary/aromatic N) is 1. The van der Waals surface area contributed by atoms with Crippen LogP contribution in [-0.4, -0.2) is 42.9 Å². The fourth-order valence-electron chi connectivity index (χ4n) is 3.05. The lowest BCUT2D eigenvalue weighted by molar-refractivity contribution is -0.117. The van der Waals surface area contributed by atoms with E-state index in [4.69, 9.17) is 0 Å². The van der Waals surface area contributed by atoms with Gasteiger partial charge in [-0.15, -0.1) is 0 Å². The van der Waals surface area contributed by atoms with E-state index >= 15 is 0 Å². The van der Waals surface area contributed by atoms with Gasteiger partial charge in [0, 0.05) is 23.8 Å². The van der Waals surface area contributed by atoms with Crippen molar-refractivity contribution >= 4 is 17.5 Å². The van der Waals surface area contributed by atoms with Gasteiger partial charge in [-0.2, -0.15) is 0 Å². The van der Waals surface area contributed by atoms with Gasteiger partial charge in [-0.1, -0.05) is 19.3 Å². The molecule has 1 saturated carbocycles. The molecule has 2 rings (SSSR count). The van der Waals surface area contributed by atoms with E-state index in [-0.39, 0.29) is 11.8 Å². The van der Waals surface area contributed by atoms with E-state index in [0.29, 0.717) is 24.7 Å². The molecule has 2 amide bonds. The molecular weight excluding hydrogens is 290 g/mol. The summed E-state index contributed by atoms with van der Waals surface area (Å²) < 4.78 is 0. The van der Waals surface area contributed by atoms with Gasteiger partial charge in [-0.25, -0.2) is 0 Å². The first kappa shape index (κ1) is 17.5. The van der Waals surface area contributed by atoms with Crippen molar-refractivity contribution in [3.8, 4) is 0 Å². The van der Waals surface area contributed by atoms with E-state index in [2.05, 4.69) is 15.5 Å². The summed E-state index contributed by atoms with van der Waals surface area (Å²) in [5.41, 5.74) is 1.32. The number of hydrogen-bond acceptors (Lipinski definition) is 3. The first-order chi connectivity index (χ1) is 11.1. The Morgan fingerprint density at radius 3 is 2.39 bits per heavy atom. The van der Waals surface area contributed by atoms with E-state index in [1.54, 1.807) is 24.3 Å². The topological polar surface area (TPSA) is 61.4 Å². The Morgan fingerprint density at radius 2 is 1.78 bits per heavy atom. The molecule has 0 unspecified atom stereocenters. The summed E-state index contributed by atoms with van der Waals surface area (Å²) in [7, 11) is 2.02. The summed E-state index contributed by atoms with van der Waals surface area (Å²) in [6, 6.07) is 7.51. The second-order valence-corrected chi connectivity index (χ2v) is 6.19. The fourth-order valence-corrected chi connectivity index (χ4v) is 3.05. The minimum atomic E-state index is -0.0950. The Labute approximate surface area is 138 Å². The van der Waals surface area contributed by atoms with Crippen molar-refractivity contribution in [1.29, 1.82) is 0 Å². The summed E-state index contributed by atoms with van der Waals surface area (Å²) in [4.78, 5) is 26.0. The molecular formula is C18H27N3O2. The molecule has 1 fully saturated rings. The van der Waals surface area contributed by atoms with Gasteiger partial charge in [0.1, 0.15) is 0 Å². The predicted octanol–water partition coefficient (Wildman–Crippen LogP) is 2.64. The monoisotopic (exact) mass is 317 g/mol. The fraction of sp³-hybridized carbons (Fsp3) is 0.556.